The lowest BCUT2D eigenvalue weighted by Gasteiger charge is -2.67. The van der Waals surface area contributed by atoms with Crippen molar-refractivity contribution in [3.8, 4) is 0 Å². The Hall–Kier alpha value is -2.21. The number of aliphatic hydroxyl groups is 1. The minimum absolute atomic E-state index is 0.0166. The smallest absolute Gasteiger partial charge is 0.357 e. The fraction of sp³-hybridized carbons (Fsp3) is 0.743. The molecule has 1 saturated heterocycles. The van der Waals surface area contributed by atoms with Gasteiger partial charge >= 0.3 is 11.9 Å². The lowest BCUT2D eigenvalue weighted by atomic mass is 9.38. The zero-order chi connectivity index (χ0) is 29.4. The summed E-state index contributed by atoms with van der Waals surface area (Å²) in [7, 11) is 0. The van der Waals surface area contributed by atoms with Crippen LogP contribution in [0, 0.1) is 45.8 Å². The maximum Gasteiger partial charge on any atom is 0.357 e. The molecule has 6 rings (SSSR count). The molecule has 0 spiro atoms. The van der Waals surface area contributed by atoms with Crippen molar-refractivity contribution in [3.63, 3.8) is 0 Å². The number of cyclic esters (lactones) is 1. The fourth-order valence-electron chi connectivity index (χ4n) is 11.2. The first-order valence-corrected chi connectivity index (χ1v) is 16.0. The number of pyridine rings is 1. The molecule has 5 fully saturated rings. The Balaban J connectivity index is 1.21. The van der Waals surface area contributed by atoms with Crippen molar-refractivity contribution in [2.75, 3.05) is 0 Å². The lowest BCUT2D eigenvalue weighted by molar-refractivity contribution is -0.202. The molecule has 6 heteroatoms. The standard InChI is InChI=1S/C35H49NO5/c1-21(2)19-22-20-35(39,31(38)40-22)25-12-11-24-23(25)10-13-28-33(24,5)16-14-27-32(3,4)29(15-17-34(27,28)6)41-30(37)26-9-7-8-18-36-26/h7-9,18-19,22-25,27-29,39H,10-17,20H2,1-6H3/t22-,23+,24-,25+,27+,28+,29+,33+,34+,35+/m1/s1. The molecule has 10 atom stereocenters. The number of fused-ring (bicyclic) bond motifs is 5. The minimum Gasteiger partial charge on any atom is -0.457 e. The van der Waals surface area contributed by atoms with Gasteiger partial charge in [-0.3, -0.25) is 0 Å². The number of carbonyl (C=O) groups excluding carboxylic acids is 2. The highest BCUT2D eigenvalue weighted by molar-refractivity contribution is 5.87. The van der Waals surface area contributed by atoms with Crippen molar-refractivity contribution in [1.29, 1.82) is 0 Å². The van der Waals surface area contributed by atoms with Crippen molar-refractivity contribution in [3.05, 3.63) is 41.7 Å². The minimum atomic E-state index is -1.36. The van der Waals surface area contributed by atoms with Gasteiger partial charge in [0.25, 0.3) is 0 Å². The van der Waals surface area contributed by atoms with Crippen LogP contribution in [0.3, 0.4) is 0 Å². The summed E-state index contributed by atoms with van der Waals surface area (Å²) >= 11 is 0. The van der Waals surface area contributed by atoms with Gasteiger partial charge in [-0.1, -0.05) is 39.3 Å². The first kappa shape index (κ1) is 28.9. The molecule has 41 heavy (non-hydrogen) atoms. The fourth-order valence-corrected chi connectivity index (χ4v) is 11.2. The molecule has 0 radical (unpaired) electrons. The quantitative estimate of drug-likeness (QED) is 0.316. The van der Waals surface area contributed by atoms with Crippen LogP contribution in [0.4, 0.5) is 0 Å². The Kier molecular flexibility index (Phi) is 6.99. The number of rotatable bonds is 4. The van der Waals surface area contributed by atoms with Crippen molar-refractivity contribution in [2.45, 2.75) is 117 Å². The van der Waals surface area contributed by atoms with Gasteiger partial charge in [0.1, 0.15) is 17.9 Å². The molecule has 0 bridgehead atoms. The maximum absolute atomic E-state index is 13.1. The highest BCUT2D eigenvalue weighted by Gasteiger charge is 2.67. The predicted octanol–water partition coefficient (Wildman–Crippen LogP) is 6.91. The molecule has 5 aliphatic rings. The number of allylic oxidation sites excluding steroid dienone is 1. The third-order valence-electron chi connectivity index (χ3n) is 12.9. The van der Waals surface area contributed by atoms with Gasteiger partial charge in [0.15, 0.2) is 5.60 Å². The number of hydrogen-bond donors (Lipinski definition) is 1. The summed E-state index contributed by atoms with van der Waals surface area (Å²) in [6.45, 7) is 13.7. The molecule has 1 aromatic heterocycles. The topological polar surface area (TPSA) is 85.7 Å². The number of aromatic nitrogens is 1. The molecule has 0 unspecified atom stereocenters. The largest absolute Gasteiger partial charge is 0.457 e. The second kappa shape index (κ2) is 9.92. The Morgan fingerprint density at radius 2 is 1.71 bits per heavy atom. The zero-order valence-corrected chi connectivity index (χ0v) is 25.8. The van der Waals surface area contributed by atoms with Crippen LogP contribution < -0.4 is 0 Å². The van der Waals surface area contributed by atoms with Crippen LogP contribution in [0.15, 0.2) is 36.0 Å². The molecule has 2 heterocycles. The van der Waals surface area contributed by atoms with Gasteiger partial charge in [0.2, 0.25) is 0 Å². The summed E-state index contributed by atoms with van der Waals surface area (Å²) in [6, 6.07) is 5.37. The van der Waals surface area contributed by atoms with E-state index in [1.54, 1.807) is 12.3 Å². The monoisotopic (exact) mass is 563 g/mol. The van der Waals surface area contributed by atoms with Gasteiger partial charge in [0.05, 0.1) is 0 Å². The third-order valence-corrected chi connectivity index (χ3v) is 12.9. The number of ether oxygens (including phenoxy) is 2. The molecule has 1 aromatic rings. The second-order valence-corrected chi connectivity index (χ2v) is 15.5. The number of hydrogen-bond acceptors (Lipinski definition) is 6. The SMILES string of the molecule is CC(C)=C[C@@H]1C[C@](O)([C@H]2CC[C@@H]3[C@@H]2CC[C@H]2[C@@]3(C)CC[C@H]3C(C)(C)[C@@H](OC(=O)c4ccccn4)CC[C@]23C)C(=O)O1. The van der Waals surface area contributed by atoms with Crippen molar-refractivity contribution in [1.82, 2.24) is 4.98 Å². The van der Waals surface area contributed by atoms with E-state index in [4.69, 9.17) is 9.47 Å². The van der Waals surface area contributed by atoms with Crippen LogP contribution in [-0.2, 0) is 14.3 Å². The molecular weight excluding hydrogens is 514 g/mol. The van der Waals surface area contributed by atoms with E-state index in [1.165, 1.54) is 0 Å². The van der Waals surface area contributed by atoms with E-state index in [0.29, 0.717) is 35.8 Å². The number of nitrogens with zero attached hydrogens (tertiary/aromatic N) is 1. The van der Waals surface area contributed by atoms with Gasteiger partial charge in [-0.15, -0.1) is 0 Å². The average molecular weight is 564 g/mol. The Morgan fingerprint density at radius 1 is 0.976 bits per heavy atom. The first-order chi connectivity index (χ1) is 19.3. The second-order valence-electron chi connectivity index (χ2n) is 15.5. The van der Waals surface area contributed by atoms with E-state index in [0.717, 1.165) is 56.9 Å². The third kappa shape index (κ3) is 4.41. The molecule has 1 aliphatic heterocycles. The highest BCUT2D eigenvalue weighted by Crippen LogP contribution is 2.72. The summed E-state index contributed by atoms with van der Waals surface area (Å²) in [6.07, 6.45) is 12.0. The summed E-state index contributed by atoms with van der Waals surface area (Å²) in [5.74, 6) is 1.20. The van der Waals surface area contributed by atoms with Crippen LogP contribution >= 0.6 is 0 Å². The van der Waals surface area contributed by atoms with Gasteiger partial charge < -0.3 is 14.6 Å². The van der Waals surface area contributed by atoms with Crippen molar-refractivity contribution < 1.29 is 24.2 Å². The van der Waals surface area contributed by atoms with Gasteiger partial charge in [-0.25, -0.2) is 14.6 Å². The predicted molar refractivity (Wildman–Crippen MR) is 157 cm³/mol. The molecule has 4 aliphatic carbocycles. The van der Waals surface area contributed by atoms with E-state index < -0.39 is 11.6 Å². The van der Waals surface area contributed by atoms with E-state index in [1.807, 2.05) is 32.1 Å². The van der Waals surface area contributed by atoms with Crippen molar-refractivity contribution in [2.24, 2.45) is 45.8 Å². The summed E-state index contributed by atoms with van der Waals surface area (Å²) < 4.78 is 11.8. The van der Waals surface area contributed by atoms with Crippen LogP contribution in [0.5, 0.6) is 0 Å². The Bertz CT molecular complexity index is 1220. The van der Waals surface area contributed by atoms with E-state index in [-0.39, 0.29) is 40.3 Å². The number of esters is 2. The molecular formula is C35H49NO5. The van der Waals surface area contributed by atoms with Crippen LogP contribution in [-0.4, -0.2) is 39.8 Å². The Labute approximate surface area is 245 Å². The molecule has 0 aromatic carbocycles. The van der Waals surface area contributed by atoms with Gasteiger partial charge in [0, 0.05) is 24.0 Å². The number of carbonyl (C=O) groups is 2. The molecule has 6 nitrogen and oxygen atoms in total. The summed E-state index contributed by atoms with van der Waals surface area (Å²) in [4.78, 5) is 30.3. The first-order valence-electron chi connectivity index (χ1n) is 16.0. The Morgan fingerprint density at radius 3 is 2.41 bits per heavy atom. The average Bonchev–Trinajstić information content (AvgIpc) is 3.47. The molecule has 4 saturated carbocycles. The van der Waals surface area contributed by atoms with Crippen LogP contribution in [0.25, 0.3) is 0 Å². The zero-order valence-electron chi connectivity index (χ0n) is 25.8. The van der Waals surface area contributed by atoms with E-state index >= 15 is 0 Å². The summed E-state index contributed by atoms with van der Waals surface area (Å²) in [5.41, 5.74) is 0.356. The highest BCUT2D eigenvalue weighted by atomic mass is 16.6. The normalized spacial score (nSPS) is 44.7. The molecule has 1 N–H and O–H groups in total. The molecule has 224 valence electrons. The molecule has 0 amide bonds. The lowest BCUT2D eigenvalue weighted by Crippen LogP contribution is -2.62. The van der Waals surface area contributed by atoms with E-state index in [2.05, 4.69) is 32.7 Å². The van der Waals surface area contributed by atoms with E-state index in [9.17, 15) is 14.7 Å². The van der Waals surface area contributed by atoms with Crippen LogP contribution in [0.2, 0.25) is 0 Å². The maximum atomic E-state index is 13.1. The summed E-state index contributed by atoms with van der Waals surface area (Å²) in [5, 5.41) is 11.8. The van der Waals surface area contributed by atoms with Gasteiger partial charge in [-0.05, 0) is 118 Å². The van der Waals surface area contributed by atoms with Crippen LogP contribution in [0.1, 0.15) is 110 Å². The van der Waals surface area contributed by atoms with Gasteiger partial charge in [-0.2, -0.15) is 0 Å². The van der Waals surface area contributed by atoms with Crippen molar-refractivity contribution >= 4 is 11.9 Å².